The number of rotatable bonds is 9. The van der Waals surface area contributed by atoms with Crippen molar-refractivity contribution in [3.05, 3.63) is 22.4 Å². The van der Waals surface area contributed by atoms with Gasteiger partial charge in [0.15, 0.2) is 0 Å². The highest BCUT2D eigenvalue weighted by molar-refractivity contribution is 7.07. The normalized spacial score (nSPS) is 16.4. The van der Waals surface area contributed by atoms with Crippen molar-refractivity contribution in [2.24, 2.45) is 0 Å². The number of thiophene rings is 1. The summed E-state index contributed by atoms with van der Waals surface area (Å²) in [6, 6.07) is 2.64. The Kier molecular flexibility index (Phi) is 6.90. The predicted octanol–water partition coefficient (Wildman–Crippen LogP) is 3.86. The quantitative estimate of drug-likeness (QED) is 0.735. The van der Waals surface area contributed by atoms with Gasteiger partial charge in [0.05, 0.1) is 5.60 Å². The maximum Gasteiger partial charge on any atom is 0.0800 e. The van der Waals surface area contributed by atoms with Crippen molar-refractivity contribution in [2.75, 3.05) is 13.7 Å². The standard InChI is InChI=1S/C15H27NOS/c1-5-10-16-14(15(3,6-2)17-4)8-7-13-9-11-18-12-13/h9,11-12,14,16H,5-8,10H2,1-4H3. The highest BCUT2D eigenvalue weighted by Crippen LogP contribution is 2.23. The molecule has 1 aromatic heterocycles. The molecule has 1 rings (SSSR count). The monoisotopic (exact) mass is 269 g/mol. The number of aryl methyl sites for hydroxylation is 1. The molecule has 104 valence electrons. The average Bonchev–Trinajstić information content (AvgIpc) is 2.91. The van der Waals surface area contributed by atoms with E-state index in [9.17, 15) is 0 Å². The molecule has 2 unspecified atom stereocenters. The Bertz CT molecular complexity index is 306. The lowest BCUT2D eigenvalue weighted by atomic mass is 9.88. The van der Waals surface area contributed by atoms with Crippen LogP contribution in [0.15, 0.2) is 16.8 Å². The van der Waals surface area contributed by atoms with E-state index in [0.717, 1.165) is 25.8 Å². The van der Waals surface area contributed by atoms with Crippen LogP contribution in [0, 0.1) is 0 Å². The maximum absolute atomic E-state index is 5.76. The third-order valence-electron chi connectivity index (χ3n) is 3.85. The molecule has 0 radical (unpaired) electrons. The van der Waals surface area contributed by atoms with E-state index in [1.54, 1.807) is 11.3 Å². The summed E-state index contributed by atoms with van der Waals surface area (Å²) in [7, 11) is 1.83. The molecular formula is C15H27NOS. The van der Waals surface area contributed by atoms with Crippen LogP contribution in [0.3, 0.4) is 0 Å². The van der Waals surface area contributed by atoms with E-state index >= 15 is 0 Å². The fourth-order valence-electron chi connectivity index (χ4n) is 2.22. The molecule has 3 heteroatoms. The molecule has 0 fully saturated rings. The zero-order valence-electron chi connectivity index (χ0n) is 12.2. The molecule has 0 bridgehead atoms. The molecule has 0 saturated heterocycles. The Labute approximate surface area is 116 Å². The number of hydrogen-bond acceptors (Lipinski definition) is 3. The van der Waals surface area contributed by atoms with Crippen molar-refractivity contribution in [1.82, 2.24) is 5.32 Å². The first-order chi connectivity index (χ1) is 8.66. The Morgan fingerprint density at radius 1 is 1.44 bits per heavy atom. The van der Waals surface area contributed by atoms with Crippen LogP contribution in [0.1, 0.15) is 45.6 Å². The number of hydrogen-bond donors (Lipinski definition) is 1. The van der Waals surface area contributed by atoms with Gasteiger partial charge in [0.1, 0.15) is 0 Å². The molecule has 1 N–H and O–H groups in total. The lowest BCUT2D eigenvalue weighted by Gasteiger charge is -2.36. The Hall–Kier alpha value is -0.380. The maximum atomic E-state index is 5.76. The summed E-state index contributed by atoms with van der Waals surface area (Å²) in [5.41, 5.74) is 1.38. The van der Waals surface area contributed by atoms with Crippen molar-refractivity contribution < 1.29 is 4.74 Å². The molecule has 18 heavy (non-hydrogen) atoms. The van der Waals surface area contributed by atoms with Crippen molar-refractivity contribution in [3.8, 4) is 0 Å². The molecular weight excluding hydrogens is 242 g/mol. The van der Waals surface area contributed by atoms with Gasteiger partial charge >= 0.3 is 0 Å². The average molecular weight is 269 g/mol. The molecule has 1 aromatic rings. The summed E-state index contributed by atoms with van der Waals surface area (Å²) in [6.45, 7) is 7.69. The predicted molar refractivity (Wildman–Crippen MR) is 80.4 cm³/mol. The third kappa shape index (κ3) is 4.38. The van der Waals surface area contributed by atoms with E-state index in [4.69, 9.17) is 4.74 Å². The number of ether oxygens (including phenoxy) is 1. The minimum absolute atomic E-state index is 0.0643. The molecule has 0 amide bonds. The first-order valence-electron chi connectivity index (χ1n) is 6.95. The first-order valence-corrected chi connectivity index (χ1v) is 7.90. The van der Waals surface area contributed by atoms with Crippen LogP contribution in [0.2, 0.25) is 0 Å². The van der Waals surface area contributed by atoms with Crippen molar-refractivity contribution in [1.29, 1.82) is 0 Å². The highest BCUT2D eigenvalue weighted by atomic mass is 32.1. The van der Waals surface area contributed by atoms with Crippen LogP contribution in [0.25, 0.3) is 0 Å². The van der Waals surface area contributed by atoms with Crippen LogP contribution in [0.5, 0.6) is 0 Å². The van der Waals surface area contributed by atoms with Gasteiger partial charge in [0, 0.05) is 13.2 Å². The van der Waals surface area contributed by atoms with Gasteiger partial charge < -0.3 is 10.1 Å². The molecule has 1 heterocycles. The molecule has 0 saturated carbocycles. The summed E-state index contributed by atoms with van der Waals surface area (Å²) in [6.07, 6.45) is 4.46. The Morgan fingerprint density at radius 3 is 2.72 bits per heavy atom. The molecule has 0 spiro atoms. The largest absolute Gasteiger partial charge is 0.377 e. The fourth-order valence-corrected chi connectivity index (χ4v) is 2.92. The molecule has 2 nitrogen and oxygen atoms in total. The zero-order chi connectivity index (χ0) is 13.4. The summed E-state index contributed by atoms with van der Waals surface area (Å²) >= 11 is 1.78. The number of nitrogens with one attached hydrogen (secondary N) is 1. The minimum Gasteiger partial charge on any atom is -0.377 e. The summed E-state index contributed by atoms with van der Waals surface area (Å²) in [4.78, 5) is 0. The molecule has 2 atom stereocenters. The number of methoxy groups -OCH3 is 1. The summed E-state index contributed by atoms with van der Waals surface area (Å²) in [5, 5.41) is 8.05. The molecule has 0 aliphatic heterocycles. The second-order valence-corrected chi connectivity index (χ2v) is 5.83. The lowest BCUT2D eigenvalue weighted by molar-refractivity contribution is -0.0309. The lowest BCUT2D eigenvalue weighted by Crippen LogP contribution is -2.50. The van der Waals surface area contributed by atoms with Gasteiger partial charge in [-0.05, 0) is 61.5 Å². The van der Waals surface area contributed by atoms with Gasteiger partial charge in [-0.3, -0.25) is 0 Å². The van der Waals surface area contributed by atoms with Gasteiger partial charge in [-0.15, -0.1) is 0 Å². The Morgan fingerprint density at radius 2 is 2.22 bits per heavy atom. The topological polar surface area (TPSA) is 21.3 Å². The van der Waals surface area contributed by atoms with E-state index in [-0.39, 0.29) is 5.60 Å². The molecule has 0 aliphatic rings. The second kappa shape index (κ2) is 7.93. The van der Waals surface area contributed by atoms with E-state index in [1.807, 2.05) is 7.11 Å². The Balaban J connectivity index is 2.59. The van der Waals surface area contributed by atoms with E-state index in [2.05, 4.69) is 42.9 Å². The van der Waals surface area contributed by atoms with Crippen molar-refractivity contribution >= 4 is 11.3 Å². The van der Waals surface area contributed by atoms with Crippen molar-refractivity contribution in [2.45, 2.75) is 58.1 Å². The highest BCUT2D eigenvalue weighted by Gasteiger charge is 2.31. The summed E-state index contributed by atoms with van der Waals surface area (Å²) in [5.74, 6) is 0. The zero-order valence-corrected chi connectivity index (χ0v) is 13.0. The SMILES string of the molecule is CCCNC(CCc1ccsc1)C(C)(CC)OC. The first kappa shape index (κ1) is 15.7. The molecule has 0 aromatic carbocycles. The van der Waals surface area contributed by atoms with Crippen LogP contribution >= 0.6 is 11.3 Å². The minimum atomic E-state index is -0.0643. The second-order valence-electron chi connectivity index (χ2n) is 5.05. The van der Waals surface area contributed by atoms with Crippen LogP contribution in [-0.4, -0.2) is 25.3 Å². The fraction of sp³-hybridized carbons (Fsp3) is 0.733. The van der Waals surface area contributed by atoms with Crippen LogP contribution in [0.4, 0.5) is 0 Å². The van der Waals surface area contributed by atoms with Gasteiger partial charge in [-0.25, -0.2) is 0 Å². The summed E-state index contributed by atoms with van der Waals surface area (Å²) < 4.78 is 5.76. The van der Waals surface area contributed by atoms with Crippen molar-refractivity contribution in [3.63, 3.8) is 0 Å². The van der Waals surface area contributed by atoms with Gasteiger partial charge in [-0.2, -0.15) is 11.3 Å². The molecule has 0 aliphatic carbocycles. The van der Waals surface area contributed by atoms with E-state index in [0.29, 0.717) is 6.04 Å². The van der Waals surface area contributed by atoms with E-state index < -0.39 is 0 Å². The van der Waals surface area contributed by atoms with E-state index in [1.165, 1.54) is 12.0 Å². The van der Waals surface area contributed by atoms with Crippen LogP contribution in [-0.2, 0) is 11.2 Å². The van der Waals surface area contributed by atoms with Gasteiger partial charge in [-0.1, -0.05) is 13.8 Å². The van der Waals surface area contributed by atoms with Crippen LogP contribution < -0.4 is 5.32 Å². The third-order valence-corrected chi connectivity index (χ3v) is 4.58. The smallest absolute Gasteiger partial charge is 0.0800 e. The van der Waals surface area contributed by atoms with Gasteiger partial charge in [0.2, 0.25) is 0 Å². The van der Waals surface area contributed by atoms with Gasteiger partial charge in [0.25, 0.3) is 0 Å².